The number of esters is 2. The molecule has 4 heteroatoms. The van der Waals surface area contributed by atoms with Crippen LogP contribution in [0.25, 0.3) is 10.8 Å². The number of benzene rings is 2. The first-order valence-corrected chi connectivity index (χ1v) is 6.62. The highest BCUT2D eigenvalue weighted by Gasteiger charge is 2.08. The molecule has 2 rings (SSSR count). The lowest BCUT2D eigenvalue weighted by atomic mass is 10.0. The molecule has 0 aromatic heterocycles. The second-order valence-electron chi connectivity index (χ2n) is 4.41. The lowest BCUT2D eigenvalue weighted by molar-refractivity contribution is -0.149. The molecule has 2 aromatic rings. The molecule has 0 unspecified atom stereocenters. The lowest BCUT2D eigenvalue weighted by Gasteiger charge is -2.07. The SMILES string of the molecule is C=CC(=O)OCCOC(=O)Cc1cccc2ccccc12. The van der Waals surface area contributed by atoms with Crippen molar-refractivity contribution in [2.45, 2.75) is 6.42 Å². The third kappa shape index (κ3) is 4.18. The summed E-state index contributed by atoms with van der Waals surface area (Å²) in [7, 11) is 0. The van der Waals surface area contributed by atoms with Gasteiger partial charge in [0.05, 0.1) is 6.42 Å². The monoisotopic (exact) mass is 284 g/mol. The number of carbonyl (C=O) groups excluding carboxylic acids is 2. The summed E-state index contributed by atoms with van der Waals surface area (Å²) in [6.07, 6.45) is 1.26. The molecular formula is C17H16O4. The Kier molecular flexibility index (Phi) is 5.10. The topological polar surface area (TPSA) is 52.6 Å². The van der Waals surface area contributed by atoms with E-state index in [9.17, 15) is 9.59 Å². The van der Waals surface area contributed by atoms with Crippen molar-refractivity contribution in [2.24, 2.45) is 0 Å². The van der Waals surface area contributed by atoms with E-state index in [0.29, 0.717) is 0 Å². The molecule has 0 radical (unpaired) electrons. The standard InChI is InChI=1S/C17H16O4/c1-2-16(18)20-10-11-21-17(19)12-14-8-5-7-13-6-3-4-9-15(13)14/h2-9H,1,10-12H2. The highest BCUT2D eigenvalue weighted by molar-refractivity contribution is 5.89. The van der Waals surface area contributed by atoms with Crippen molar-refractivity contribution in [3.8, 4) is 0 Å². The average molecular weight is 284 g/mol. The van der Waals surface area contributed by atoms with Crippen LogP contribution in [0.4, 0.5) is 0 Å². The second kappa shape index (κ2) is 7.24. The van der Waals surface area contributed by atoms with Crippen molar-refractivity contribution in [1.82, 2.24) is 0 Å². The first-order chi connectivity index (χ1) is 10.2. The van der Waals surface area contributed by atoms with Gasteiger partial charge in [0.25, 0.3) is 0 Å². The van der Waals surface area contributed by atoms with Crippen LogP contribution in [0.1, 0.15) is 5.56 Å². The number of hydrogen-bond donors (Lipinski definition) is 0. The fourth-order valence-electron chi connectivity index (χ4n) is 2.01. The molecule has 0 heterocycles. The Morgan fingerprint density at radius 1 is 1.00 bits per heavy atom. The molecule has 0 spiro atoms. The summed E-state index contributed by atoms with van der Waals surface area (Å²) < 4.78 is 9.77. The van der Waals surface area contributed by atoms with Crippen LogP contribution in [-0.4, -0.2) is 25.2 Å². The molecule has 0 fully saturated rings. The van der Waals surface area contributed by atoms with Crippen LogP contribution in [0.15, 0.2) is 55.1 Å². The lowest BCUT2D eigenvalue weighted by Crippen LogP contribution is -2.14. The van der Waals surface area contributed by atoms with Gasteiger partial charge >= 0.3 is 11.9 Å². The van der Waals surface area contributed by atoms with Crippen molar-refractivity contribution in [2.75, 3.05) is 13.2 Å². The third-order valence-corrected chi connectivity index (χ3v) is 2.97. The van der Waals surface area contributed by atoms with Crippen molar-refractivity contribution in [1.29, 1.82) is 0 Å². The van der Waals surface area contributed by atoms with E-state index in [0.717, 1.165) is 22.4 Å². The van der Waals surface area contributed by atoms with Crippen molar-refractivity contribution < 1.29 is 19.1 Å². The summed E-state index contributed by atoms with van der Waals surface area (Å²) in [5.74, 6) is -0.874. The van der Waals surface area contributed by atoms with Crippen molar-refractivity contribution in [3.05, 3.63) is 60.7 Å². The Morgan fingerprint density at radius 3 is 2.52 bits per heavy atom. The van der Waals surface area contributed by atoms with Crippen LogP contribution >= 0.6 is 0 Å². The van der Waals surface area contributed by atoms with Gasteiger partial charge in [-0.15, -0.1) is 0 Å². The van der Waals surface area contributed by atoms with Gasteiger partial charge in [0.15, 0.2) is 0 Å². The third-order valence-electron chi connectivity index (χ3n) is 2.97. The van der Waals surface area contributed by atoms with Crippen LogP contribution in [0, 0.1) is 0 Å². The Balaban J connectivity index is 1.90. The van der Waals surface area contributed by atoms with Crippen LogP contribution in [-0.2, 0) is 25.5 Å². The molecule has 0 bridgehead atoms. The largest absolute Gasteiger partial charge is 0.462 e. The molecule has 4 nitrogen and oxygen atoms in total. The van der Waals surface area contributed by atoms with Crippen molar-refractivity contribution >= 4 is 22.7 Å². The van der Waals surface area contributed by atoms with E-state index in [2.05, 4.69) is 6.58 Å². The van der Waals surface area contributed by atoms with Crippen molar-refractivity contribution in [3.63, 3.8) is 0 Å². The quantitative estimate of drug-likeness (QED) is 0.465. The maximum Gasteiger partial charge on any atom is 0.330 e. The Bertz CT molecular complexity index is 655. The molecule has 0 saturated carbocycles. The summed E-state index contributed by atoms with van der Waals surface area (Å²) >= 11 is 0. The van der Waals surface area contributed by atoms with E-state index < -0.39 is 5.97 Å². The van der Waals surface area contributed by atoms with Crippen LogP contribution < -0.4 is 0 Å². The number of rotatable bonds is 6. The van der Waals surface area contributed by atoms with Gasteiger partial charge in [-0.05, 0) is 16.3 Å². The van der Waals surface area contributed by atoms with Gasteiger partial charge in [-0.25, -0.2) is 4.79 Å². The van der Waals surface area contributed by atoms with Gasteiger partial charge in [0.1, 0.15) is 13.2 Å². The van der Waals surface area contributed by atoms with Gasteiger partial charge < -0.3 is 9.47 Å². The maximum absolute atomic E-state index is 11.8. The van der Waals surface area contributed by atoms with Gasteiger partial charge in [0.2, 0.25) is 0 Å². The zero-order valence-corrected chi connectivity index (χ0v) is 11.6. The number of fused-ring (bicyclic) bond motifs is 1. The maximum atomic E-state index is 11.8. The minimum Gasteiger partial charge on any atom is -0.462 e. The molecule has 0 aliphatic carbocycles. The van der Waals surface area contributed by atoms with Gasteiger partial charge in [0, 0.05) is 6.08 Å². The van der Waals surface area contributed by atoms with Gasteiger partial charge in [-0.1, -0.05) is 49.0 Å². The summed E-state index contributed by atoms with van der Waals surface area (Å²) in [6.45, 7) is 3.36. The first-order valence-electron chi connectivity index (χ1n) is 6.62. The Labute approximate surface area is 123 Å². The number of carbonyl (C=O) groups is 2. The predicted molar refractivity (Wildman–Crippen MR) is 79.8 cm³/mol. The minimum atomic E-state index is -0.528. The average Bonchev–Trinajstić information content (AvgIpc) is 2.51. The predicted octanol–water partition coefficient (Wildman–Crippen LogP) is 2.65. The van der Waals surface area contributed by atoms with E-state index in [1.807, 2.05) is 42.5 Å². The van der Waals surface area contributed by atoms with E-state index in [4.69, 9.17) is 9.47 Å². The fourth-order valence-corrected chi connectivity index (χ4v) is 2.01. The smallest absolute Gasteiger partial charge is 0.330 e. The number of ether oxygens (including phenoxy) is 2. The fraction of sp³-hybridized carbons (Fsp3) is 0.176. The zero-order chi connectivity index (χ0) is 15.1. The van der Waals surface area contributed by atoms with Crippen LogP contribution in [0.2, 0.25) is 0 Å². The molecule has 0 N–H and O–H groups in total. The van der Waals surface area contributed by atoms with Crippen LogP contribution in [0.3, 0.4) is 0 Å². The van der Waals surface area contributed by atoms with E-state index >= 15 is 0 Å². The van der Waals surface area contributed by atoms with Crippen LogP contribution in [0.5, 0.6) is 0 Å². The molecule has 0 atom stereocenters. The molecule has 108 valence electrons. The van der Waals surface area contributed by atoms with E-state index in [1.54, 1.807) is 0 Å². The second-order valence-corrected chi connectivity index (χ2v) is 4.41. The number of hydrogen-bond acceptors (Lipinski definition) is 4. The summed E-state index contributed by atoms with van der Waals surface area (Å²) in [4.78, 5) is 22.6. The molecule has 0 aliphatic rings. The highest BCUT2D eigenvalue weighted by atomic mass is 16.6. The van der Waals surface area contributed by atoms with Gasteiger partial charge in [-0.3, -0.25) is 4.79 Å². The van der Waals surface area contributed by atoms with Gasteiger partial charge in [-0.2, -0.15) is 0 Å². The normalized spacial score (nSPS) is 10.1. The molecule has 0 aliphatic heterocycles. The molecule has 0 saturated heterocycles. The molecule has 0 amide bonds. The Hall–Kier alpha value is -2.62. The molecule has 21 heavy (non-hydrogen) atoms. The first kappa shape index (κ1) is 14.8. The van der Waals surface area contributed by atoms with E-state index in [1.165, 1.54) is 0 Å². The summed E-state index contributed by atoms with van der Waals surface area (Å²) in [5, 5.41) is 2.12. The summed E-state index contributed by atoms with van der Waals surface area (Å²) in [5.41, 5.74) is 0.918. The highest BCUT2D eigenvalue weighted by Crippen LogP contribution is 2.19. The van der Waals surface area contributed by atoms with E-state index in [-0.39, 0.29) is 25.6 Å². The minimum absolute atomic E-state index is 0.0339. The summed E-state index contributed by atoms with van der Waals surface area (Å²) in [6, 6.07) is 13.7. The Morgan fingerprint density at radius 2 is 1.71 bits per heavy atom. The molecule has 2 aromatic carbocycles. The zero-order valence-electron chi connectivity index (χ0n) is 11.6. The molecular weight excluding hydrogens is 268 g/mol.